The highest BCUT2D eigenvalue weighted by Crippen LogP contribution is 2.43. The molecule has 0 radical (unpaired) electrons. The van der Waals surface area contributed by atoms with Crippen LogP contribution in [-0.4, -0.2) is 0 Å². The smallest absolute Gasteiger partial charge is 0.143 e. The number of benzene rings is 9. The first-order valence-corrected chi connectivity index (χ1v) is 20.4. The van der Waals surface area contributed by atoms with Gasteiger partial charge in [0.15, 0.2) is 0 Å². The molecule has 0 fully saturated rings. The van der Waals surface area contributed by atoms with Crippen LogP contribution in [0.4, 0.5) is 17.1 Å². The van der Waals surface area contributed by atoms with E-state index in [1.54, 1.807) is 0 Å². The maximum Gasteiger partial charge on any atom is 0.143 e. The molecule has 0 unspecified atom stereocenters. The van der Waals surface area contributed by atoms with Gasteiger partial charge < -0.3 is 13.7 Å². The van der Waals surface area contributed by atoms with E-state index in [-0.39, 0.29) is 0 Å². The lowest BCUT2D eigenvalue weighted by Crippen LogP contribution is -2.10. The highest BCUT2D eigenvalue weighted by molar-refractivity contribution is 7.25. The Balaban J connectivity index is 0.975. The summed E-state index contributed by atoms with van der Waals surface area (Å²) in [6.07, 6.45) is 0. The van der Waals surface area contributed by atoms with Crippen molar-refractivity contribution in [2.24, 2.45) is 0 Å². The summed E-state index contributed by atoms with van der Waals surface area (Å²) in [5.41, 5.74) is 13.5. The molecule has 9 aromatic carbocycles. The first-order chi connectivity index (χ1) is 28.7. The third-order valence-electron chi connectivity index (χ3n) is 11.5. The zero-order valence-electron chi connectivity index (χ0n) is 31.2. The van der Waals surface area contributed by atoms with Gasteiger partial charge in [0.2, 0.25) is 0 Å². The van der Waals surface area contributed by atoms with Crippen molar-refractivity contribution in [2.75, 3.05) is 4.90 Å². The molecule has 3 nitrogen and oxygen atoms in total. The summed E-state index contributed by atoms with van der Waals surface area (Å²) in [7, 11) is 0. The Morgan fingerprint density at radius 1 is 0.310 bits per heavy atom. The van der Waals surface area contributed by atoms with Gasteiger partial charge in [-0.1, -0.05) is 133 Å². The average molecular weight is 760 g/mol. The van der Waals surface area contributed by atoms with Gasteiger partial charge in [0.05, 0.1) is 0 Å². The monoisotopic (exact) mass is 759 g/mol. The van der Waals surface area contributed by atoms with Crippen LogP contribution >= 0.6 is 11.3 Å². The third-order valence-corrected chi connectivity index (χ3v) is 12.6. The maximum atomic E-state index is 6.49. The van der Waals surface area contributed by atoms with Gasteiger partial charge in [-0.05, 0) is 89.0 Å². The molecule has 58 heavy (non-hydrogen) atoms. The molecule has 0 atom stereocenters. The molecule has 0 aliphatic heterocycles. The fourth-order valence-electron chi connectivity index (χ4n) is 8.71. The number of fused-ring (bicyclic) bond motifs is 9. The van der Waals surface area contributed by atoms with E-state index in [4.69, 9.17) is 8.83 Å². The summed E-state index contributed by atoms with van der Waals surface area (Å²) in [5, 5.41) is 7.12. The molecule has 0 amide bonds. The predicted molar refractivity (Wildman–Crippen MR) is 245 cm³/mol. The van der Waals surface area contributed by atoms with Crippen LogP contribution in [0.15, 0.2) is 209 Å². The minimum absolute atomic E-state index is 0.896. The molecule has 0 N–H and O–H groups in total. The minimum Gasteiger partial charge on any atom is -0.455 e. The van der Waals surface area contributed by atoms with E-state index in [2.05, 4.69) is 181 Å². The van der Waals surface area contributed by atoms with Crippen LogP contribution in [0.2, 0.25) is 0 Å². The maximum absolute atomic E-state index is 6.49. The summed E-state index contributed by atoms with van der Waals surface area (Å²) >= 11 is 1.85. The molecule has 0 saturated heterocycles. The largest absolute Gasteiger partial charge is 0.455 e. The van der Waals surface area contributed by atoms with Gasteiger partial charge in [0.25, 0.3) is 0 Å². The average Bonchev–Trinajstić information content (AvgIpc) is 3.98. The van der Waals surface area contributed by atoms with Crippen molar-refractivity contribution in [3.8, 4) is 33.4 Å². The summed E-state index contributed by atoms with van der Waals surface area (Å²) in [4.78, 5) is 2.34. The molecule has 0 bridgehead atoms. The van der Waals surface area contributed by atoms with Crippen molar-refractivity contribution in [1.82, 2.24) is 0 Å². The summed E-state index contributed by atoms with van der Waals surface area (Å²) in [6, 6.07) is 71.5. The quantitative estimate of drug-likeness (QED) is 0.169. The minimum atomic E-state index is 0.896. The number of rotatable bonds is 6. The Kier molecular flexibility index (Phi) is 7.40. The SMILES string of the molecule is c1cc(-c2cccc3c2oc2ccccc23)cc(N(c2ccc(-c3ccc4sc5ccccc5c4c3)cc2)c2ccc(-c3cccc4c3oc3ccccc34)cc2)c1. The number of hydrogen-bond acceptors (Lipinski definition) is 4. The molecular formula is C54H33NO2S. The second-order valence-electron chi connectivity index (χ2n) is 14.8. The van der Waals surface area contributed by atoms with Gasteiger partial charge in [0, 0.05) is 69.9 Å². The Morgan fingerprint density at radius 3 is 1.50 bits per heavy atom. The molecule has 4 heteroatoms. The normalized spacial score (nSPS) is 11.8. The van der Waals surface area contributed by atoms with E-state index < -0.39 is 0 Å². The first kappa shape index (κ1) is 32.8. The summed E-state index contributed by atoms with van der Waals surface area (Å²) in [6.45, 7) is 0. The molecule has 3 aromatic heterocycles. The van der Waals surface area contributed by atoms with E-state index in [1.165, 1.54) is 31.3 Å². The van der Waals surface area contributed by atoms with Crippen molar-refractivity contribution >= 4 is 92.4 Å². The van der Waals surface area contributed by atoms with Gasteiger partial charge >= 0.3 is 0 Å². The number of thiophene rings is 1. The van der Waals surface area contributed by atoms with Crippen molar-refractivity contribution < 1.29 is 8.83 Å². The molecule has 3 heterocycles. The van der Waals surface area contributed by atoms with Crippen LogP contribution in [0.25, 0.3) is 97.4 Å². The number of hydrogen-bond donors (Lipinski definition) is 0. The third kappa shape index (κ3) is 5.27. The Labute approximate surface area is 338 Å². The Morgan fingerprint density at radius 2 is 0.828 bits per heavy atom. The summed E-state index contributed by atoms with van der Waals surface area (Å²) < 4.78 is 15.6. The standard InChI is InChI=1S/C54H33NO2S/c1-4-19-49-43(12-1)46-17-8-15-41(53(46)56-49)35-24-29-39(30-25-35)55(38-27-22-34(23-28-38)36-26-31-52-48(33-36)45-14-3-6-21-51(45)58-52)40-11-7-10-37(32-40)42-16-9-18-47-44-13-2-5-20-50(44)57-54(42)47/h1-33H. The van der Waals surface area contributed by atoms with Crippen molar-refractivity contribution in [2.45, 2.75) is 0 Å². The fourth-order valence-corrected chi connectivity index (χ4v) is 9.79. The van der Waals surface area contributed by atoms with Crippen LogP contribution in [0.3, 0.4) is 0 Å². The van der Waals surface area contributed by atoms with E-state index in [0.29, 0.717) is 0 Å². The van der Waals surface area contributed by atoms with Crippen LogP contribution in [-0.2, 0) is 0 Å². The topological polar surface area (TPSA) is 29.5 Å². The lowest BCUT2D eigenvalue weighted by Gasteiger charge is -2.26. The predicted octanol–water partition coefficient (Wildman–Crippen LogP) is 16.3. The van der Waals surface area contributed by atoms with Crippen molar-refractivity contribution in [1.29, 1.82) is 0 Å². The van der Waals surface area contributed by atoms with Gasteiger partial charge in [-0.25, -0.2) is 0 Å². The molecule has 12 aromatic rings. The molecule has 0 saturated carbocycles. The van der Waals surface area contributed by atoms with Crippen LogP contribution in [0, 0.1) is 0 Å². The molecular weight excluding hydrogens is 727 g/mol. The highest BCUT2D eigenvalue weighted by Gasteiger charge is 2.18. The molecule has 272 valence electrons. The zero-order valence-corrected chi connectivity index (χ0v) is 32.0. The number of furan rings is 2. The van der Waals surface area contributed by atoms with Crippen molar-refractivity contribution in [3.05, 3.63) is 200 Å². The number of nitrogens with zero attached hydrogens (tertiary/aromatic N) is 1. The zero-order chi connectivity index (χ0) is 38.2. The van der Waals surface area contributed by atoms with Crippen LogP contribution in [0.5, 0.6) is 0 Å². The van der Waals surface area contributed by atoms with E-state index in [1.807, 2.05) is 35.6 Å². The second-order valence-corrected chi connectivity index (χ2v) is 15.9. The highest BCUT2D eigenvalue weighted by atomic mass is 32.1. The van der Waals surface area contributed by atoms with E-state index in [9.17, 15) is 0 Å². The van der Waals surface area contributed by atoms with Crippen LogP contribution in [0.1, 0.15) is 0 Å². The lowest BCUT2D eigenvalue weighted by molar-refractivity contribution is 0.669. The Hall–Kier alpha value is -7.40. The van der Waals surface area contributed by atoms with Crippen molar-refractivity contribution in [3.63, 3.8) is 0 Å². The van der Waals surface area contributed by atoms with Gasteiger partial charge in [-0.15, -0.1) is 11.3 Å². The van der Waals surface area contributed by atoms with Crippen LogP contribution < -0.4 is 4.90 Å². The van der Waals surface area contributed by atoms with Gasteiger partial charge in [-0.3, -0.25) is 0 Å². The van der Waals surface area contributed by atoms with Gasteiger partial charge in [0.1, 0.15) is 22.3 Å². The second kappa shape index (κ2) is 13.1. The lowest BCUT2D eigenvalue weighted by atomic mass is 10.00. The first-order valence-electron chi connectivity index (χ1n) is 19.6. The molecule has 0 aliphatic rings. The fraction of sp³-hybridized carbons (Fsp3) is 0. The molecule has 12 rings (SSSR count). The molecule has 0 aliphatic carbocycles. The number of para-hydroxylation sites is 4. The van der Waals surface area contributed by atoms with E-state index in [0.717, 1.165) is 83.2 Å². The molecule has 0 spiro atoms. The number of anilines is 3. The summed E-state index contributed by atoms with van der Waals surface area (Å²) in [5.74, 6) is 0. The van der Waals surface area contributed by atoms with Gasteiger partial charge in [-0.2, -0.15) is 0 Å². The van der Waals surface area contributed by atoms with E-state index >= 15 is 0 Å². The Bertz CT molecular complexity index is 3520.